The Labute approximate surface area is 145 Å². The van der Waals surface area contributed by atoms with Crippen molar-refractivity contribution in [3.05, 3.63) is 35.4 Å². The average molecular weight is 334 g/mol. The second-order valence-corrected chi connectivity index (χ2v) is 5.53. The van der Waals surface area contributed by atoms with E-state index < -0.39 is 0 Å². The van der Waals surface area contributed by atoms with E-state index in [0.717, 1.165) is 36.6 Å². The van der Waals surface area contributed by atoms with Gasteiger partial charge in [-0.15, -0.1) is 0 Å². The molecule has 0 aromatic heterocycles. The first-order valence-corrected chi connectivity index (χ1v) is 8.49. The standard InChI is InChI=1S/C18H30N4O2/c1-5-19-18(21-12-13-24-6-2)20-11-10-15-8-7-9-16(14-15)17(23)22(3)4/h7-9,14H,5-6,10-13H2,1-4H3,(H2,19,20,21). The minimum Gasteiger partial charge on any atom is -0.380 e. The van der Waals surface area contributed by atoms with Crippen molar-refractivity contribution in [2.45, 2.75) is 20.3 Å². The number of ether oxygens (including phenoxy) is 1. The number of hydrogen-bond acceptors (Lipinski definition) is 3. The van der Waals surface area contributed by atoms with Crippen molar-refractivity contribution in [2.24, 2.45) is 4.99 Å². The van der Waals surface area contributed by atoms with Crippen LogP contribution in [-0.2, 0) is 11.2 Å². The first-order valence-electron chi connectivity index (χ1n) is 8.49. The van der Waals surface area contributed by atoms with Crippen molar-refractivity contribution < 1.29 is 9.53 Å². The molecule has 6 heteroatoms. The van der Waals surface area contributed by atoms with Crippen molar-refractivity contribution in [3.63, 3.8) is 0 Å². The topological polar surface area (TPSA) is 66.0 Å². The van der Waals surface area contributed by atoms with Gasteiger partial charge in [0.25, 0.3) is 5.91 Å². The monoisotopic (exact) mass is 334 g/mol. The molecule has 2 N–H and O–H groups in total. The van der Waals surface area contributed by atoms with Crippen molar-refractivity contribution in [1.29, 1.82) is 0 Å². The van der Waals surface area contributed by atoms with E-state index in [0.29, 0.717) is 19.8 Å². The van der Waals surface area contributed by atoms with Crippen LogP contribution in [0.4, 0.5) is 0 Å². The first kappa shape index (κ1) is 20.0. The van der Waals surface area contributed by atoms with Crippen LogP contribution >= 0.6 is 0 Å². The summed E-state index contributed by atoms with van der Waals surface area (Å²) in [5.41, 5.74) is 1.84. The molecule has 0 heterocycles. The molecule has 1 rings (SSSR count). The number of guanidine groups is 1. The van der Waals surface area contributed by atoms with Crippen LogP contribution in [0.15, 0.2) is 29.3 Å². The van der Waals surface area contributed by atoms with Gasteiger partial charge in [0.05, 0.1) is 13.2 Å². The highest BCUT2D eigenvalue weighted by atomic mass is 16.5. The van der Waals surface area contributed by atoms with Gasteiger partial charge >= 0.3 is 0 Å². The number of rotatable bonds is 9. The molecule has 6 nitrogen and oxygen atoms in total. The zero-order valence-electron chi connectivity index (χ0n) is 15.3. The molecule has 24 heavy (non-hydrogen) atoms. The Morgan fingerprint density at radius 3 is 2.71 bits per heavy atom. The lowest BCUT2D eigenvalue weighted by molar-refractivity contribution is 0.0827. The van der Waals surface area contributed by atoms with Gasteiger partial charge in [-0.25, -0.2) is 0 Å². The van der Waals surface area contributed by atoms with Gasteiger partial charge in [-0.2, -0.15) is 0 Å². The molecule has 0 bridgehead atoms. The number of aliphatic imine (C=N–C) groups is 1. The molecule has 0 spiro atoms. The fourth-order valence-electron chi connectivity index (χ4n) is 2.15. The Hall–Kier alpha value is -2.08. The van der Waals surface area contributed by atoms with Gasteiger partial charge in [0.15, 0.2) is 5.96 Å². The third-order valence-corrected chi connectivity index (χ3v) is 3.34. The van der Waals surface area contributed by atoms with Crippen molar-refractivity contribution >= 4 is 11.9 Å². The molecule has 0 aliphatic heterocycles. The predicted octanol–water partition coefficient (Wildman–Crippen LogP) is 1.52. The Morgan fingerprint density at radius 2 is 2.04 bits per heavy atom. The summed E-state index contributed by atoms with van der Waals surface area (Å²) in [7, 11) is 3.52. The van der Waals surface area contributed by atoms with Gasteiger partial charge in [0, 0.05) is 39.4 Å². The number of amides is 1. The van der Waals surface area contributed by atoms with E-state index in [4.69, 9.17) is 4.74 Å². The van der Waals surface area contributed by atoms with Gasteiger partial charge in [-0.05, 0) is 38.0 Å². The summed E-state index contributed by atoms with van der Waals surface area (Å²) in [4.78, 5) is 18.1. The molecule has 1 aromatic carbocycles. The third-order valence-electron chi connectivity index (χ3n) is 3.34. The maximum absolute atomic E-state index is 12.0. The van der Waals surface area contributed by atoms with E-state index in [-0.39, 0.29) is 5.91 Å². The minimum atomic E-state index is 0.0237. The maximum Gasteiger partial charge on any atom is 0.253 e. The number of carbonyl (C=O) groups excluding carboxylic acids is 1. The molecule has 0 radical (unpaired) electrons. The molecular weight excluding hydrogens is 304 g/mol. The van der Waals surface area contributed by atoms with E-state index >= 15 is 0 Å². The second kappa shape index (κ2) is 11.5. The first-order chi connectivity index (χ1) is 11.6. The van der Waals surface area contributed by atoms with Crippen LogP contribution in [-0.4, -0.2) is 63.7 Å². The summed E-state index contributed by atoms with van der Waals surface area (Å²) >= 11 is 0. The largest absolute Gasteiger partial charge is 0.380 e. The molecular formula is C18H30N4O2. The summed E-state index contributed by atoms with van der Waals surface area (Å²) in [6.45, 7) is 7.55. The minimum absolute atomic E-state index is 0.0237. The third kappa shape index (κ3) is 7.46. The number of hydrogen-bond donors (Lipinski definition) is 2. The molecule has 0 unspecified atom stereocenters. The number of nitrogens with zero attached hydrogens (tertiary/aromatic N) is 2. The normalized spacial score (nSPS) is 11.2. The Bertz CT molecular complexity index is 530. The zero-order chi connectivity index (χ0) is 17.8. The van der Waals surface area contributed by atoms with Crippen LogP contribution < -0.4 is 10.6 Å². The van der Waals surface area contributed by atoms with Gasteiger partial charge in [-0.1, -0.05) is 12.1 Å². The SMILES string of the molecule is CCNC(=NCCOCC)NCCc1cccc(C(=O)N(C)C)c1. The maximum atomic E-state index is 12.0. The second-order valence-electron chi connectivity index (χ2n) is 5.53. The van der Waals surface area contributed by atoms with Crippen LogP contribution in [0.25, 0.3) is 0 Å². The van der Waals surface area contributed by atoms with Crippen molar-refractivity contribution in [2.75, 3.05) is 46.9 Å². The molecule has 1 amide bonds. The summed E-state index contributed by atoms with van der Waals surface area (Å²) in [6, 6.07) is 7.75. The molecule has 134 valence electrons. The smallest absolute Gasteiger partial charge is 0.253 e. The van der Waals surface area contributed by atoms with Crippen molar-refractivity contribution in [1.82, 2.24) is 15.5 Å². The average Bonchev–Trinajstić information content (AvgIpc) is 2.58. The summed E-state index contributed by atoms with van der Waals surface area (Å²) in [5.74, 6) is 0.813. The van der Waals surface area contributed by atoms with Gasteiger partial charge in [0.1, 0.15) is 0 Å². The molecule has 0 saturated carbocycles. The highest BCUT2D eigenvalue weighted by Crippen LogP contribution is 2.07. The molecule has 0 fully saturated rings. The Balaban J connectivity index is 2.52. The van der Waals surface area contributed by atoms with Crippen molar-refractivity contribution in [3.8, 4) is 0 Å². The molecule has 1 aromatic rings. The van der Waals surface area contributed by atoms with Crippen LogP contribution in [0.2, 0.25) is 0 Å². The Kier molecular flexibility index (Phi) is 9.53. The lowest BCUT2D eigenvalue weighted by Gasteiger charge is -2.13. The van der Waals surface area contributed by atoms with Crippen LogP contribution in [0, 0.1) is 0 Å². The van der Waals surface area contributed by atoms with E-state index in [2.05, 4.69) is 15.6 Å². The van der Waals surface area contributed by atoms with Crippen LogP contribution in [0.3, 0.4) is 0 Å². The quantitative estimate of drug-likeness (QED) is 0.408. The number of carbonyl (C=O) groups is 1. The summed E-state index contributed by atoms with van der Waals surface area (Å²) in [6.07, 6.45) is 0.824. The zero-order valence-corrected chi connectivity index (χ0v) is 15.3. The lowest BCUT2D eigenvalue weighted by atomic mass is 10.1. The van der Waals surface area contributed by atoms with E-state index in [1.165, 1.54) is 0 Å². The highest BCUT2D eigenvalue weighted by Gasteiger charge is 2.08. The highest BCUT2D eigenvalue weighted by molar-refractivity contribution is 5.94. The fourth-order valence-corrected chi connectivity index (χ4v) is 2.15. The number of benzene rings is 1. The Morgan fingerprint density at radius 1 is 1.25 bits per heavy atom. The molecule has 0 saturated heterocycles. The van der Waals surface area contributed by atoms with Gasteiger partial charge in [0.2, 0.25) is 0 Å². The van der Waals surface area contributed by atoms with Crippen LogP contribution in [0.5, 0.6) is 0 Å². The van der Waals surface area contributed by atoms with Crippen LogP contribution in [0.1, 0.15) is 29.8 Å². The number of nitrogens with one attached hydrogen (secondary N) is 2. The lowest BCUT2D eigenvalue weighted by Crippen LogP contribution is -2.38. The van der Waals surface area contributed by atoms with E-state index in [1.807, 2.05) is 38.1 Å². The summed E-state index contributed by atoms with van der Waals surface area (Å²) < 4.78 is 5.29. The molecule has 0 atom stereocenters. The van der Waals surface area contributed by atoms with E-state index in [9.17, 15) is 4.79 Å². The molecule has 0 aliphatic carbocycles. The van der Waals surface area contributed by atoms with E-state index in [1.54, 1.807) is 19.0 Å². The van der Waals surface area contributed by atoms with Gasteiger partial charge in [-0.3, -0.25) is 9.79 Å². The molecule has 0 aliphatic rings. The predicted molar refractivity (Wildman–Crippen MR) is 98.6 cm³/mol. The fraction of sp³-hybridized carbons (Fsp3) is 0.556. The van der Waals surface area contributed by atoms with Gasteiger partial charge < -0.3 is 20.3 Å². The summed E-state index contributed by atoms with van der Waals surface area (Å²) in [5, 5.41) is 6.52.